The Balaban J connectivity index is 1.56. The molecular weight excluding hydrogens is 514 g/mol. The molecule has 0 amide bonds. The summed E-state index contributed by atoms with van der Waals surface area (Å²) in [6.45, 7) is 6.88. The summed E-state index contributed by atoms with van der Waals surface area (Å²) in [7, 11) is 0. The SMILES string of the molecule is C#CC(F)(F)[C@]1(O)CCC2C3CCC4=CC(=O)CCC4=C3[C@@H](c3cccc(OCC(=O)OC(C)(C)C)c3)C[C@@]21C. The maximum atomic E-state index is 15.3. The molecule has 40 heavy (non-hydrogen) atoms. The lowest BCUT2D eigenvalue weighted by molar-refractivity contribution is -0.209. The van der Waals surface area contributed by atoms with Crippen LogP contribution in [0.1, 0.15) is 84.1 Å². The molecular formula is C33H38F2O5. The Hall–Kier alpha value is -2.98. The third-order valence-corrected chi connectivity index (χ3v) is 9.62. The molecule has 1 N–H and O–H groups in total. The lowest BCUT2D eigenvalue weighted by atomic mass is 9.50. The van der Waals surface area contributed by atoms with E-state index in [0.29, 0.717) is 25.0 Å². The maximum absolute atomic E-state index is 15.3. The number of esters is 1. The molecule has 5 rings (SSSR count). The zero-order chi connectivity index (χ0) is 29.1. The van der Waals surface area contributed by atoms with Crippen LogP contribution in [0.3, 0.4) is 0 Å². The van der Waals surface area contributed by atoms with Gasteiger partial charge in [-0.05, 0) is 112 Å². The van der Waals surface area contributed by atoms with E-state index < -0.39 is 28.5 Å². The quantitative estimate of drug-likeness (QED) is 0.343. The van der Waals surface area contributed by atoms with Gasteiger partial charge in [0.05, 0.1) is 0 Å². The fourth-order valence-corrected chi connectivity index (χ4v) is 7.93. The van der Waals surface area contributed by atoms with Gasteiger partial charge in [-0.3, -0.25) is 4.79 Å². The molecule has 4 aliphatic rings. The van der Waals surface area contributed by atoms with Crippen LogP contribution in [0.4, 0.5) is 8.78 Å². The van der Waals surface area contributed by atoms with Crippen molar-refractivity contribution in [3.05, 3.63) is 52.6 Å². The summed E-state index contributed by atoms with van der Waals surface area (Å²) in [6.07, 6.45) is 10.3. The van der Waals surface area contributed by atoms with E-state index in [1.807, 2.05) is 18.2 Å². The molecule has 0 spiro atoms. The van der Waals surface area contributed by atoms with Gasteiger partial charge in [-0.25, -0.2) is 4.79 Å². The van der Waals surface area contributed by atoms with Crippen LogP contribution in [0, 0.1) is 29.6 Å². The van der Waals surface area contributed by atoms with Gasteiger partial charge >= 0.3 is 11.9 Å². The first-order valence-corrected chi connectivity index (χ1v) is 14.2. The van der Waals surface area contributed by atoms with Crippen molar-refractivity contribution < 1.29 is 33.0 Å². The molecule has 1 aromatic rings. The van der Waals surface area contributed by atoms with Gasteiger partial charge in [0, 0.05) is 17.8 Å². The summed E-state index contributed by atoms with van der Waals surface area (Å²) in [4.78, 5) is 24.5. The molecule has 4 aliphatic carbocycles. The Bertz CT molecular complexity index is 1330. The largest absolute Gasteiger partial charge is 0.482 e. The number of allylic oxidation sites excluding steroid dienone is 4. The number of ketones is 1. The van der Waals surface area contributed by atoms with Crippen molar-refractivity contribution in [2.24, 2.45) is 17.3 Å². The van der Waals surface area contributed by atoms with Gasteiger partial charge in [0.15, 0.2) is 12.4 Å². The van der Waals surface area contributed by atoms with Crippen molar-refractivity contribution in [1.82, 2.24) is 0 Å². The van der Waals surface area contributed by atoms with Crippen molar-refractivity contribution in [3.63, 3.8) is 0 Å². The first-order valence-electron chi connectivity index (χ1n) is 14.2. The monoisotopic (exact) mass is 552 g/mol. The summed E-state index contributed by atoms with van der Waals surface area (Å²) in [5.41, 5.74) is 0.206. The highest BCUT2D eigenvalue weighted by Crippen LogP contribution is 2.69. The van der Waals surface area contributed by atoms with Gasteiger partial charge in [-0.1, -0.05) is 24.6 Å². The lowest BCUT2D eigenvalue weighted by Gasteiger charge is -2.55. The Morgan fingerprint density at radius 2 is 1.95 bits per heavy atom. The first kappa shape index (κ1) is 28.5. The second-order valence-electron chi connectivity index (χ2n) is 13.1. The van der Waals surface area contributed by atoms with Crippen LogP contribution in [0.25, 0.3) is 0 Å². The number of terminal acetylenes is 1. The van der Waals surface area contributed by atoms with Crippen LogP contribution in [-0.4, -0.2) is 40.6 Å². The average molecular weight is 553 g/mol. The van der Waals surface area contributed by atoms with Crippen LogP contribution < -0.4 is 4.74 Å². The van der Waals surface area contributed by atoms with Crippen LogP contribution in [-0.2, 0) is 14.3 Å². The second-order valence-corrected chi connectivity index (χ2v) is 13.1. The number of carbonyl (C=O) groups is 2. The van der Waals surface area contributed by atoms with Gasteiger partial charge in [0.25, 0.3) is 0 Å². The van der Waals surface area contributed by atoms with E-state index in [0.717, 1.165) is 24.0 Å². The number of hydrogen-bond acceptors (Lipinski definition) is 5. The van der Waals surface area contributed by atoms with E-state index in [9.17, 15) is 14.7 Å². The Kier molecular flexibility index (Phi) is 7.02. The molecule has 5 atom stereocenters. The molecule has 0 saturated heterocycles. The van der Waals surface area contributed by atoms with E-state index >= 15 is 8.78 Å². The van der Waals surface area contributed by atoms with Crippen molar-refractivity contribution in [1.29, 1.82) is 0 Å². The first-order chi connectivity index (χ1) is 18.7. The molecule has 0 radical (unpaired) electrons. The van der Waals surface area contributed by atoms with Crippen LogP contribution in [0.2, 0.25) is 0 Å². The van der Waals surface area contributed by atoms with E-state index in [2.05, 4.69) is 0 Å². The minimum Gasteiger partial charge on any atom is -0.482 e. The Morgan fingerprint density at radius 3 is 2.65 bits per heavy atom. The number of fused-ring (bicyclic) bond motifs is 4. The topological polar surface area (TPSA) is 72.8 Å². The van der Waals surface area contributed by atoms with E-state index in [1.165, 1.54) is 11.1 Å². The van der Waals surface area contributed by atoms with Gasteiger partial charge < -0.3 is 14.6 Å². The minimum atomic E-state index is -3.67. The Morgan fingerprint density at radius 1 is 1.20 bits per heavy atom. The molecule has 0 heterocycles. The number of aliphatic hydroxyl groups is 1. The van der Waals surface area contributed by atoms with Crippen molar-refractivity contribution in [3.8, 4) is 18.1 Å². The Labute approximate surface area is 235 Å². The number of alkyl halides is 2. The van der Waals surface area contributed by atoms with Gasteiger partial charge in [0.1, 0.15) is 17.0 Å². The van der Waals surface area contributed by atoms with E-state index in [-0.39, 0.29) is 43.0 Å². The van der Waals surface area contributed by atoms with E-state index in [4.69, 9.17) is 15.9 Å². The molecule has 2 unspecified atom stereocenters. The number of carbonyl (C=O) groups excluding carboxylic acids is 2. The second kappa shape index (κ2) is 9.83. The van der Waals surface area contributed by atoms with E-state index in [1.54, 1.807) is 45.8 Å². The van der Waals surface area contributed by atoms with Gasteiger partial charge in [0.2, 0.25) is 0 Å². The molecule has 2 fully saturated rings. The van der Waals surface area contributed by atoms with Crippen molar-refractivity contribution in [2.45, 2.75) is 95.7 Å². The third-order valence-electron chi connectivity index (χ3n) is 9.62. The standard InChI is InChI=1S/C33H38F2O5/c1-6-33(34,35)32(38)15-14-27-25-12-10-21-16-22(36)11-13-24(21)29(25)26(18-31(27,32)5)20-8-7-9-23(17-20)39-19-28(37)40-30(2,3)4/h1,7-9,16-17,25-27,38H,10-15,18-19H2,2-5H3/t25?,26-,27?,31+,32+/m1/s1. The smallest absolute Gasteiger partial charge is 0.344 e. The highest BCUT2D eigenvalue weighted by molar-refractivity contribution is 5.93. The van der Waals surface area contributed by atoms with Crippen molar-refractivity contribution >= 4 is 11.8 Å². The molecule has 7 heteroatoms. The number of rotatable bonds is 5. The molecule has 2 saturated carbocycles. The fraction of sp³-hybridized carbons (Fsp3) is 0.576. The zero-order valence-corrected chi connectivity index (χ0v) is 23.7. The van der Waals surface area contributed by atoms with Crippen LogP contribution in [0.15, 0.2) is 47.1 Å². The molecule has 0 bridgehead atoms. The molecule has 214 valence electrons. The summed E-state index contributed by atoms with van der Waals surface area (Å²) in [5.74, 6) is -2.39. The third kappa shape index (κ3) is 4.68. The minimum absolute atomic E-state index is 0.00182. The number of hydrogen-bond donors (Lipinski definition) is 1. The summed E-state index contributed by atoms with van der Waals surface area (Å²) < 4.78 is 41.7. The molecule has 0 aromatic heterocycles. The van der Waals surface area contributed by atoms with Crippen molar-refractivity contribution in [2.75, 3.05) is 6.61 Å². The predicted molar refractivity (Wildman–Crippen MR) is 147 cm³/mol. The van der Waals surface area contributed by atoms with Gasteiger partial charge in [-0.2, -0.15) is 8.78 Å². The van der Waals surface area contributed by atoms with Crippen LogP contribution in [0.5, 0.6) is 5.75 Å². The average Bonchev–Trinajstić information content (AvgIpc) is 3.17. The summed E-state index contributed by atoms with van der Waals surface area (Å²) in [6, 6.07) is 7.37. The number of benzene rings is 1. The molecule has 5 nitrogen and oxygen atoms in total. The maximum Gasteiger partial charge on any atom is 0.344 e. The number of ether oxygens (including phenoxy) is 2. The predicted octanol–water partition coefficient (Wildman–Crippen LogP) is 6.31. The van der Waals surface area contributed by atoms with Gasteiger partial charge in [-0.15, -0.1) is 6.42 Å². The lowest BCUT2D eigenvalue weighted by Crippen LogP contribution is -2.60. The summed E-state index contributed by atoms with van der Waals surface area (Å²) in [5, 5.41) is 11.6. The highest BCUT2D eigenvalue weighted by Gasteiger charge is 2.71. The fourth-order valence-electron chi connectivity index (χ4n) is 7.93. The zero-order valence-electron chi connectivity index (χ0n) is 23.7. The molecule has 1 aromatic carbocycles. The van der Waals surface area contributed by atoms with Crippen LogP contribution >= 0.6 is 0 Å². The molecule has 0 aliphatic heterocycles. The summed E-state index contributed by atoms with van der Waals surface area (Å²) >= 11 is 0. The normalized spacial score (nSPS) is 31.9. The number of halogens is 2. The highest BCUT2D eigenvalue weighted by atomic mass is 19.3.